The van der Waals surface area contributed by atoms with Crippen LogP contribution >= 0.6 is 0 Å². The van der Waals surface area contributed by atoms with E-state index in [1.54, 1.807) is 4.90 Å². The van der Waals surface area contributed by atoms with Crippen molar-refractivity contribution in [1.82, 2.24) is 10.2 Å². The van der Waals surface area contributed by atoms with Crippen LogP contribution in [0.15, 0.2) is 48.5 Å². The van der Waals surface area contributed by atoms with Crippen molar-refractivity contribution in [3.05, 3.63) is 65.2 Å². The van der Waals surface area contributed by atoms with Crippen LogP contribution in [-0.2, 0) is 16.8 Å². The minimum Gasteiger partial charge on any atom is -0.354 e. The molecule has 1 atom stereocenters. The molecule has 2 aromatic carbocycles. The first kappa shape index (κ1) is 21.9. The van der Waals surface area contributed by atoms with Crippen molar-refractivity contribution in [2.45, 2.75) is 65.0 Å². The third-order valence-electron chi connectivity index (χ3n) is 5.62. The summed E-state index contributed by atoms with van der Waals surface area (Å²) in [5.74, 6) is -0.0714. The van der Waals surface area contributed by atoms with E-state index in [4.69, 9.17) is 0 Å². The van der Waals surface area contributed by atoms with E-state index >= 15 is 0 Å². The lowest BCUT2D eigenvalue weighted by Gasteiger charge is -2.30. The molecule has 2 N–H and O–H groups in total. The van der Waals surface area contributed by atoms with Crippen molar-refractivity contribution >= 4 is 17.6 Å². The number of urea groups is 1. The molecular weight excluding hydrogens is 374 g/mol. The minimum absolute atomic E-state index is 0.0714. The van der Waals surface area contributed by atoms with Crippen molar-refractivity contribution < 1.29 is 9.59 Å². The number of nitrogens with one attached hydrogen (secondary N) is 2. The van der Waals surface area contributed by atoms with Crippen LogP contribution in [0.4, 0.5) is 10.5 Å². The number of carbonyl (C=O) groups is 2. The zero-order valence-electron chi connectivity index (χ0n) is 18.5. The summed E-state index contributed by atoms with van der Waals surface area (Å²) in [4.78, 5) is 27.6. The molecular formula is C25H33N3O2. The van der Waals surface area contributed by atoms with Crippen LogP contribution in [0, 0.1) is 6.92 Å². The Balaban J connectivity index is 1.83. The van der Waals surface area contributed by atoms with Crippen LogP contribution < -0.4 is 10.6 Å². The lowest BCUT2D eigenvalue weighted by molar-refractivity contribution is -0.125. The van der Waals surface area contributed by atoms with Gasteiger partial charge >= 0.3 is 6.03 Å². The van der Waals surface area contributed by atoms with Crippen molar-refractivity contribution in [3.8, 4) is 0 Å². The summed E-state index contributed by atoms with van der Waals surface area (Å²) in [5.41, 5.74) is 4.19. The number of hydrogen-bond donors (Lipinski definition) is 2. The van der Waals surface area contributed by atoms with Gasteiger partial charge in [0.15, 0.2) is 0 Å². The van der Waals surface area contributed by atoms with Crippen LogP contribution in [0.2, 0.25) is 0 Å². The molecule has 0 aliphatic carbocycles. The molecule has 0 radical (unpaired) electrons. The Labute approximate surface area is 179 Å². The van der Waals surface area contributed by atoms with Gasteiger partial charge in [0.1, 0.15) is 6.04 Å². The highest BCUT2D eigenvalue weighted by Gasteiger charge is 2.31. The van der Waals surface area contributed by atoms with E-state index in [0.29, 0.717) is 19.5 Å². The number of hydrogen-bond acceptors (Lipinski definition) is 2. The Morgan fingerprint density at radius 3 is 2.37 bits per heavy atom. The van der Waals surface area contributed by atoms with Gasteiger partial charge in [0, 0.05) is 18.8 Å². The van der Waals surface area contributed by atoms with E-state index in [0.717, 1.165) is 29.7 Å². The molecule has 1 aliphatic heterocycles. The summed E-state index contributed by atoms with van der Waals surface area (Å²) < 4.78 is 0. The van der Waals surface area contributed by atoms with Crippen LogP contribution in [-0.4, -0.2) is 29.4 Å². The summed E-state index contributed by atoms with van der Waals surface area (Å²) in [6.45, 7) is 9.61. The maximum Gasteiger partial charge on any atom is 0.322 e. The van der Waals surface area contributed by atoms with E-state index in [-0.39, 0.29) is 17.4 Å². The van der Waals surface area contributed by atoms with Gasteiger partial charge in [-0.3, -0.25) is 4.79 Å². The first-order valence-corrected chi connectivity index (χ1v) is 10.8. The monoisotopic (exact) mass is 407 g/mol. The molecule has 5 nitrogen and oxygen atoms in total. The maximum atomic E-state index is 13.2. The second-order valence-electron chi connectivity index (χ2n) is 9.17. The van der Waals surface area contributed by atoms with Gasteiger partial charge in [0.25, 0.3) is 0 Å². The molecule has 160 valence electrons. The van der Waals surface area contributed by atoms with Crippen LogP contribution in [0.1, 0.15) is 56.7 Å². The standard InChI is InChI=1S/C25H33N3O2/c1-18-8-14-21(15-9-18)27-24(30)28(22-7-5-6-16-26-23(22)29)17-19-10-12-20(13-11-19)25(2,3)4/h8-15,22H,5-7,16-17H2,1-4H3,(H,26,29)(H,27,30). The summed E-state index contributed by atoms with van der Waals surface area (Å²) >= 11 is 0. The maximum absolute atomic E-state index is 13.2. The number of nitrogens with zero attached hydrogens (tertiary/aromatic N) is 1. The second-order valence-corrected chi connectivity index (χ2v) is 9.17. The molecule has 1 fully saturated rings. The van der Waals surface area contributed by atoms with Gasteiger partial charge in [0.2, 0.25) is 5.91 Å². The predicted octanol–water partition coefficient (Wildman–Crippen LogP) is 5.00. The van der Waals surface area contributed by atoms with Gasteiger partial charge in [-0.05, 0) is 54.9 Å². The van der Waals surface area contributed by atoms with Crippen molar-refractivity contribution in [2.75, 3.05) is 11.9 Å². The highest BCUT2D eigenvalue weighted by atomic mass is 16.2. The van der Waals surface area contributed by atoms with E-state index < -0.39 is 6.04 Å². The fourth-order valence-corrected chi connectivity index (χ4v) is 3.68. The number of amides is 3. The largest absolute Gasteiger partial charge is 0.354 e. The zero-order valence-corrected chi connectivity index (χ0v) is 18.5. The molecule has 1 saturated heterocycles. The lowest BCUT2D eigenvalue weighted by atomic mass is 9.86. The molecule has 2 aromatic rings. The molecule has 1 heterocycles. The molecule has 3 amide bonds. The van der Waals surface area contributed by atoms with Gasteiger partial charge < -0.3 is 15.5 Å². The molecule has 0 aromatic heterocycles. The molecule has 1 aliphatic rings. The number of carbonyl (C=O) groups excluding carboxylic acids is 2. The van der Waals surface area contributed by atoms with Crippen LogP contribution in [0.3, 0.4) is 0 Å². The van der Waals surface area contributed by atoms with Gasteiger partial charge in [0.05, 0.1) is 0 Å². The first-order chi connectivity index (χ1) is 14.2. The Hall–Kier alpha value is -2.82. The third kappa shape index (κ3) is 5.62. The van der Waals surface area contributed by atoms with Gasteiger partial charge in [-0.1, -0.05) is 62.7 Å². The summed E-state index contributed by atoms with van der Waals surface area (Å²) in [5, 5.41) is 5.93. The van der Waals surface area contributed by atoms with Crippen molar-refractivity contribution in [3.63, 3.8) is 0 Å². The normalized spacial score (nSPS) is 17.1. The molecule has 30 heavy (non-hydrogen) atoms. The Bertz CT molecular complexity index is 867. The average Bonchev–Trinajstić information content (AvgIpc) is 2.92. The van der Waals surface area contributed by atoms with E-state index in [1.807, 2.05) is 31.2 Å². The predicted molar refractivity (Wildman–Crippen MR) is 122 cm³/mol. The van der Waals surface area contributed by atoms with Crippen molar-refractivity contribution in [1.29, 1.82) is 0 Å². The van der Waals surface area contributed by atoms with Gasteiger partial charge in [-0.25, -0.2) is 4.79 Å². The Kier molecular flexibility index (Phi) is 6.80. The fraction of sp³-hybridized carbons (Fsp3) is 0.440. The van der Waals surface area contributed by atoms with Crippen LogP contribution in [0.5, 0.6) is 0 Å². The lowest BCUT2D eigenvalue weighted by Crippen LogP contribution is -2.49. The van der Waals surface area contributed by atoms with Crippen LogP contribution in [0.25, 0.3) is 0 Å². The smallest absolute Gasteiger partial charge is 0.322 e. The summed E-state index contributed by atoms with van der Waals surface area (Å²) in [7, 11) is 0. The average molecular weight is 408 g/mol. The van der Waals surface area contributed by atoms with E-state index in [1.165, 1.54) is 5.56 Å². The minimum atomic E-state index is -0.472. The summed E-state index contributed by atoms with van der Waals surface area (Å²) in [6.07, 6.45) is 2.53. The number of rotatable bonds is 4. The Morgan fingerprint density at radius 2 is 1.73 bits per heavy atom. The summed E-state index contributed by atoms with van der Waals surface area (Å²) in [6, 6.07) is 15.3. The molecule has 0 saturated carbocycles. The van der Waals surface area contributed by atoms with E-state index in [9.17, 15) is 9.59 Å². The second kappa shape index (κ2) is 9.33. The number of benzene rings is 2. The zero-order chi connectivity index (χ0) is 21.7. The topological polar surface area (TPSA) is 61.4 Å². The van der Waals surface area contributed by atoms with Gasteiger partial charge in [-0.2, -0.15) is 0 Å². The highest BCUT2D eigenvalue weighted by molar-refractivity contribution is 5.93. The number of aryl methyl sites for hydroxylation is 1. The molecule has 5 heteroatoms. The first-order valence-electron chi connectivity index (χ1n) is 10.8. The highest BCUT2D eigenvalue weighted by Crippen LogP contribution is 2.24. The molecule has 1 unspecified atom stereocenters. The quantitative estimate of drug-likeness (QED) is 0.750. The fourth-order valence-electron chi connectivity index (χ4n) is 3.68. The van der Waals surface area contributed by atoms with Gasteiger partial charge in [-0.15, -0.1) is 0 Å². The van der Waals surface area contributed by atoms with E-state index in [2.05, 4.69) is 55.7 Å². The third-order valence-corrected chi connectivity index (χ3v) is 5.62. The number of anilines is 1. The van der Waals surface area contributed by atoms with Crippen molar-refractivity contribution in [2.24, 2.45) is 0 Å². The molecule has 0 spiro atoms. The Morgan fingerprint density at radius 1 is 1.07 bits per heavy atom. The molecule has 0 bridgehead atoms. The molecule has 3 rings (SSSR count). The SMILES string of the molecule is Cc1ccc(NC(=O)N(Cc2ccc(C(C)(C)C)cc2)C2CCCCNC2=O)cc1.